The molecule has 0 saturated carbocycles. The third kappa shape index (κ3) is 14.8. The summed E-state index contributed by atoms with van der Waals surface area (Å²) in [7, 11) is 4.26. The second-order valence-corrected chi connectivity index (χ2v) is 19.6. The molecule has 5 N–H and O–H groups in total. The van der Waals surface area contributed by atoms with Gasteiger partial charge in [0.1, 0.15) is 0 Å². The van der Waals surface area contributed by atoms with E-state index in [0.29, 0.717) is 56.3 Å². The first-order valence-corrected chi connectivity index (χ1v) is 26.1. The van der Waals surface area contributed by atoms with E-state index in [2.05, 4.69) is 52.9 Å². The average Bonchev–Trinajstić information content (AvgIpc) is 3.83. The number of halogens is 1. The molecule has 388 valence electrons. The summed E-state index contributed by atoms with van der Waals surface area (Å²) < 4.78 is 15.7. The van der Waals surface area contributed by atoms with Crippen LogP contribution >= 0.6 is 12.4 Å². The zero-order valence-corrected chi connectivity index (χ0v) is 43.2. The second kappa shape index (κ2) is 28.5. The molecule has 4 aliphatic rings. The zero-order valence-electron chi connectivity index (χ0n) is 42.4. The average molecular weight is 993 g/mol. The third-order valence-electron chi connectivity index (χ3n) is 15.3. The third-order valence-corrected chi connectivity index (χ3v) is 15.3. The van der Waals surface area contributed by atoms with Gasteiger partial charge in [-0.25, -0.2) is 4.79 Å². The van der Waals surface area contributed by atoms with Crippen molar-refractivity contribution in [2.75, 3.05) is 65.8 Å². The molecule has 0 bridgehead atoms. The highest BCUT2D eigenvalue weighted by molar-refractivity contribution is 5.99. The molecule has 0 radical (unpaired) electrons. The first-order valence-electron chi connectivity index (χ1n) is 26.1. The van der Waals surface area contributed by atoms with Crippen LogP contribution in [0.15, 0.2) is 36.4 Å². The summed E-state index contributed by atoms with van der Waals surface area (Å²) in [5.74, 6) is 2.06. The van der Waals surface area contributed by atoms with E-state index in [1.54, 1.807) is 6.07 Å². The van der Waals surface area contributed by atoms with Gasteiger partial charge in [0.15, 0.2) is 0 Å². The van der Waals surface area contributed by atoms with E-state index in [9.17, 15) is 24.3 Å². The summed E-state index contributed by atoms with van der Waals surface area (Å²) in [5.41, 5.74) is 9.10. The number of fused-ring (bicyclic) bond motifs is 6. The Labute approximate surface area is 421 Å². The van der Waals surface area contributed by atoms with Gasteiger partial charge in [0.05, 0.1) is 18.8 Å². The molecule has 2 aliphatic heterocycles. The molecule has 3 amide bonds. The number of carboxylic acid groups (broad SMARTS) is 1. The van der Waals surface area contributed by atoms with Crippen LogP contribution in [0.2, 0.25) is 0 Å². The number of ether oxygens (including phenoxy) is 2. The molecule has 2 aromatic heterocycles. The number of hydrogen-bond donors (Lipinski definition) is 5. The van der Waals surface area contributed by atoms with E-state index in [1.807, 2.05) is 30.0 Å². The molecular weight excluding hydrogens is 910 g/mol. The van der Waals surface area contributed by atoms with Gasteiger partial charge in [-0.2, -0.15) is 0 Å². The minimum atomic E-state index is -0.846. The zero-order chi connectivity index (χ0) is 49.3. The van der Waals surface area contributed by atoms with Gasteiger partial charge in [0.2, 0.25) is 11.8 Å². The van der Waals surface area contributed by atoms with Crippen LogP contribution in [0.5, 0.6) is 0 Å². The van der Waals surface area contributed by atoms with Crippen molar-refractivity contribution in [2.45, 2.75) is 123 Å². The molecule has 15 heteroatoms. The molecule has 14 nitrogen and oxygen atoms in total. The first-order chi connectivity index (χ1) is 33.5. The Morgan fingerprint density at radius 1 is 0.643 bits per heavy atom. The van der Waals surface area contributed by atoms with E-state index in [-0.39, 0.29) is 49.9 Å². The normalized spacial score (nSPS) is 18.0. The second-order valence-electron chi connectivity index (χ2n) is 19.6. The van der Waals surface area contributed by atoms with Crippen LogP contribution in [-0.4, -0.2) is 119 Å². The molecule has 4 heterocycles. The fourth-order valence-electron chi connectivity index (χ4n) is 11.4. The van der Waals surface area contributed by atoms with Gasteiger partial charge in [0.25, 0.3) is 5.91 Å². The summed E-state index contributed by atoms with van der Waals surface area (Å²) in [6, 6.07) is 11.7. The predicted molar refractivity (Wildman–Crippen MR) is 278 cm³/mol. The Kier molecular flexibility index (Phi) is 23.0. The van der Waals surface area contributed by atoms with Crippen LogP contribution in [0.25, 0.3) is 21.8 Å². The maximum absolute atomic E-state index is 13.3. The Bertz CT molecular complexity index is 2310. The summed E-state index contributed by atoms with van der Waals surface area (Å²) >= 11 is 0. The molecule has 4 aromatic rings. The summed E-state index contributed by atoms with van der Waals surface area (Å²) in [6.07, 6.45) is 17.6. The number of aryl methyl sites for hydroxylation is 2. The van der Waals surface area contributed by atoms with Crippen LogP contribution in [0.1, 0.15) is 141 Å². The lowest BCUT2D eigenvalue weighted by Crippen LogP contribution is -2.33. The number of aliphatic hydroxyl groups excluding tert-OH is 2. The lowest BCUT2D eigenvalue weighted by atomic mass is 9.75. The first kappa shape index (κ1) is 56.4. The van der Waals surface area contributed by atoms with Crippen molar-refractivity contribution in [2.24, 2.45) is 37.8 Å². The number of nitrogens with one attached hydrogen (secondary N) is 2. The van der Waals surface area contributed by atoms with Crippen molar-refractivity contribution < 1.29 is 44.0 Å². The smallest absolute Gasteiger partial charge is 0.335 e. The van der Waals surface area contributed by atoms with E-state index >= 15 is 0 Å². The number of rotatable bonds is 18. The number of unbranched alkanes of at least 4 members (excludes halogenated alkanes) is 3. The number of carbonyl (C=O) groups excluding carboxylic acids is 3. The van der Waals surface area contributed by atoms with Crippen molar-refractivity contribution in [3.8, 4) is 0 Å². The molecule has 8 rings (SSSR count). The topological polar surface area (TPSA) is 185 Å². The standard InChI is InChI=1S/C27H39N3O4.C19H23NO3.C9H19NO2.ClH/c1-3-30(13-4-5-26(32)28-12-14-31)27(33)21-7-9-25-23(18-21)22-17-20(6-8-24(22)29(25)2)19-10-15-34-16-11-19;1-20-17-4-2-13(12-6-8-23-9-7-12)10-15(17)16-11-14(19(21)22)3-5-18(16)20;1-2-3-4-5-6-9(12)10-7-8-11;/h7,9,18-20,31H,3-6,8,10-17H2,1-2H3,(H,28,32);3,5,11-13H,2,4,6-10H2,1H3,(H,21,22);11H,2-8H2,1H3,(H,10,12);1H/t20-;13-;;/m11../s1. The van der Waals surface area contributed by atoms with E-state index in [4.69, 9.17) is 19.7 Å². The van der Waals surface area contributed by atoms with Gasteiger partial charge in [-0.3, -0.25) is 14.4 Å². The number of amides is 3. The SMILES string of the molecule is CCCCCCC(=O)NCCO.CCN(CCCC(=O)NCCO)C(=O)c1ccc2c(c1)c1c(n2C)CC[C@@H](C2CCOCC2)C1.Cl.Cn1c2c(c3cc(C(=O)O)ccc31)C[C@H](C1CCOCC1)CC2. The van der Waals surface area contributed by atoms with Crippen molar-refractivity contribution in [3.05, 3.63) is 70.0 Å². The van der Waals surface area contributed by atoms with Gasteiger partial charge in [-0.1, -0.05) is 26.2 Å². The number of aromatic carboxylic acids is 1. The molecule has 0 unspecified atom stereocenters. The Balaban J connectivity index is 0.000000218. The molecule has 2 fully saturated rings. The number of carboxylic acids is 1. The van der Waals surface area contributed by atoms with E-state index in [0.717, 1.165) is 106 Å². The molecule has 0 spiro atoms. The maximum atomic E-state index is 13.3. The number of aromatic nitrogens is 2. The number of benzene rings is 2. The largest absolute Gasteiger partial charge is 0.478 e. The fraction of sp³-hybridized carbons (Fsp3) is 0.636. The van der Waals surface area contributed by atoms with Crippen LogP contribution in [0.3, 0.4) is 0 Å². The Hall–Kier alpha value is -4.47. The molecule has 70 heavy (non-hydrogen) atoms. The van der Waals surface area contributed by atoms with E-state index in [1.165, 1.54) is 71.9 Å². The minimum Gasteiger partial charge on any atom is -0.478 e. The van der Waals surface area contributed by atoms with Crippen molar-refractivity contribution in [1.29, 1.82) is 0 Å². The van der Waals surface area contributed by atoms with Crippen LogP contribution in [0, 0.1) is 23.7 Å². The Morgan fingerprint density at radius 2 is 1.11 bits per heavy atom. The molecule has 2 saturated heterocycles. The van der Waals surface area contributed by atoms with Gasteiger partial charge in [-0.05, 0) is 155 Å². The van der Waals surface area contributed by atoms with Gasteiger partial charge in [-0.15, -0.1) is 12.4 Å². The van der Waals surface area contributed by atoms with Crippen molar-refractivity contribution in [3.63, 3.8) is 0 Å². The number of carbonyl (C=O) groups is 4. The van der Waals surface area contributed by atoms with Gasteiger partial charge in [0, 0.05) is 118 Å². The predicted octanol–water partition coefficient (Wildman–Crippen LogP) is 7.96. The van der Waals surface area contributed by atoms with Crippen LogP contribution < -0.4 is 10.6 Å². The highest BCUT2D eigenvalue weighted by Crippen LogP contribution is 2.41. The molecule has 2 aliphatic carbocycles. The monoisotopic (exact) mass is 992 g/mol. The lowest BCUT2D eigenvalue weighted by Gasteiger charge is -2.33. The molecule has 2 aromatic carbocycles. The van der Waals surface area contributed by atoms with Crippen LogP contribution in [-0.2, 0) is 58.8 Å². The summed E-state index contributed by atoms with van der Waals surface area (Å²) in [4.78, 5) is 49.2. The Morgan fingerprint density at radius 3 is 1.57 bits per heavy atom. The summed E-state index contributed by atoms with van der Waals surface area (Å²) in [5, 5.41) is 34.2. The van der Waals surface area contributed by atoms with Gasteiger partial charge < -0.3 is 49.5 Å². The highest BCUT2D eigenvalue weighted by atomic mass is 35.5. The minimum absolute atomic E-state index is 0. The van der Waals surface area contributed by atoms with Crippen molar-refractivity contribution >= 4 is 57.9 Å². The highest BCUT2D eigenvalue weighted by Gasteiger charge is 2.32. The van der Waals surface area contributed by atoms with Crippen molar-refractivity contribution in [1.82, 2.24) is 24.7 Å². The number of nitrogens with zero attached hydrogens (tertiary/aromatic N) is 3. The maximum Gasteiger partial charge on any atom is 0.335 e. The quantitative estimate of drug-likeness (QED) is 0.0618. The molecular formula is C55H82ClN5O9. The van der Waals surface area contributed by atoms with Gasteiger partial charge >= 0.3 is 5.97 Å². The lowest BCUT2D eigenvalue weighted by molar-refractivity contribution is -0.122. The van der Waals surface area contributed by atoms with Crippen LogP contribution in [0.4, 0.5) is 0 Å². The molecule has 2 atom stereocenters. The van der Waals surface area contributed by atoms with E-state index < -0.39 is 5.97 Å². The number of aliphatic hydroxyl groups is 2. The number of hydrogen-bond acceptors (Lipinski definition) is 8. The summed E-state index contributed by atoms with van der Waals surface area (Å²) in [6.45, 7) is 9.45. The fourth-order valence-corrected chi connectivity index (χ4v) is 11.4.